The SMILES string of the molecule is COc1cccc(CC(=O)NCCn2ncc3ccccc3c2=O)c1. The number of nitrogens with one attached hydrogen (secondary N) is 1. The van der Waals surface area contributed by atoms with E-state index in [2.05, 4.69) is 10.4 Å². The first-order chi connectivity index (χ1) is 12.2. The van der Waals surface area contributed by atoms with Crippen LogP contribution in [0.1, 0.15) is 5.56 Å². The maximum absolute atomic E-state index is 12.3. The molecule has 0 aliphatic carbocycles. The van der Waals surface area contributed by atoms with E-state index < -0.39 is 0 Å². The van der Waals surface area contributed by atoms with Gasteiger partial charge >= 0.3 is 0 Å². The van der Waals surface area contributed by atoms with E-state index in [9.17, 15) is 9.59 Å². The Balaban J connectivity index is 1.58. The van der Waals surface area contributed by atoms with Crippen molar-refractivity contribution in [1.29, 1.82) is 0 Å². The number of fused-ring (bicyclic) bond motifs is 1. The van der Waals surface area contributed by atoms with Crippen molar-refractivity contribution in [2.75, 3.05) is 13.7 Å². The third-order valence-electron chi connectivity index (χ3n) is 3.91. The summed E-state index contributed by atoms with van der Waals surface area (Å²) in [7, 11) is 1.59. The van der Waals surface area contributed by atoms with E-state index in [0.29, 0.717) is 18.5 Å². The van der Waals surface area contributed by atoms with Crippen LogP contribution in [0.4, 0.5) is 0 Å². The summed E-state index contributed by atoms with van der Waals surface area (Å²) in [6.45, 7) is 0.668. The fourth-order valence-corrected chi connectivity index (χ4v) is 2.62. The predicted octanol–water partition coefficient (Wildman–Crippen LogP) is 1.76. The molecule has 3 aromatic rings. The highest BCUT2D eigenvalue weighted by Crippen LogP contribution is 2.12. The number of carbonyl (C=O) groups excluding carboxylic acids is 1. The molecule has 0 saturated heterocycles. The predicted molar refractivity (Wildman–Crippen MR) is 95.7 cm³/mol. The van der Waals surface area contributed by atoms with Gasteiger partial charge in [-0.2, -0.15) is 5.10 Å². The van der Waals surface area contributed by atoms with Crippen molar-refractivity contribution in [3.63, 3.8) is 0 Å². The lowest BCUT2D eigenvalue weighted by Crippen LogP contribution is -2.32. The third-order valence-corrected chi connectivity index (χ3v) is 3.91. The molecule has 0 saturated carbocycles. The molecule has 6 heteroatoms. The fourth-order valence-electron chi connectivity index (χ4n) is 2.62. The van der Waals surface area contributed by atoms with Crippen molar-refractivity contribution in [3.8, 4) is 5.75 Å². The largest absolute Gasteiger partial charge is 0.497 e. The number of nitrogens with zero attached hydrogens (tertiary/aromatic N) is 2. The Kier molecular flexibility index (Phi) is 5.09. The molecule has 0 spiro atoms. The number of benzene rings is 2. The molecule has 128 valence electrons. The highest BCUT2D eigenvalue weighted by atomic mass is 16.5. The van der Waals surface area contributed by atoms with E-state index in [-0.39, 0.29) is 17.9 Å². The maximum Gasteiger partial charge on any atom is 0.274 e. The zero-order valence-electron chi connectivity index (χ0n) is 13.9. The Morgan fingerprint density at radius 3 is 2.88 bits per heavy atom. The van der Waals surface area contributed by atoms with Crippen LogP contribution in [0.15, 0.2) is 59.5 Å². The van der Waals surface area contributed by atoms with Gasteiger partial charge in [-0.05, 0) is 23.8 Å². The molecule has 6 nitrogen and oxygen atoms in total. The van der Waals surface area contributed by atoms with Gasteiger partial charge in [0.2, 0.25) is 5.91 Å². The second kappa shape index (κ2) is 7.61. The van der Waals surface area contributed by atoms with Gasteiger partial charge in [0.05, 0.1) is 31.7 Å². The quantitative estimate of drug-likeness (QED) is 0.744. The van der Waals surface area contributed by atoms with Crippen LogP contribution < -0.4 is 15.6 Å². The minimum Gasteiger partial charge on any atom is -0.497 e. The summed E-state index contributed by atoms with van der Waals surface area (Å²) < 4.78 is 6.51. The van der Waals surface area contributed by atoms with E-state index in [1.165, 1.54) is 4.68 Å². The van der Waals surface area contributed by atoms with Crippen LogP contribution >= 0.6 is 0 Å². The molecule has 1 heterocycles. The summed E-state index contributed by atoms with van der Waals surface area (Å²) in [5.74, 6) is 0.610. The van der Waals surface area contributed by atoms with Crippen LogP contribution in [-0.2, 0) is 17.8 Å². The van der Waals surface area contributed by atoms with Crippen molar-refractivity contribution in [2.24, 2.45) is 0 Å². The second-order valence-electron chi connectivity index (χ2n) is 5.64. The number of rotatable bonds is 6. The zero-order valence-corrected chi connectivity index (χ0v) is 13.9. The molecule has 0 unspecified atom stereocenters. The number of ether oxygens (including phenoxy) is 1. The first-order valence-electron chi connectivity index (χ1n) is 8.02. The van der Waals surface area contributed by atoms with Crippen LogP contribution in [0, 0.1) is 0 Å². The Morgan fingerprint density at radius 2 is 2.04 bits per heavy atom. The lowest BCUT2D eigenvalue weighted by Gasteiger charge is -2.08. The lowest BCUT2D eigenvalue weighted by atomic mass is 10.1. The molecule has 3 rings (SSSR count). The van der Waals surface area contributed by atoms with Crippen molar-refractivity contribution < 1.29 is 9.53 Å². The summed E-state index contributed by atoms with van der Waals surface area (Å²) in [4.78, 5) is 24.4. The van der Waals surface area contributed by atoms with E-state index in [1.54, 1.807) is 19.4 Å². The summed E-state index contributed by atoms with van der Waals surface area (Å²) >= 11 is 0. The molecular weight excluding hydrogens is 318 g/mol. The van der Waals surface area contributed by atoms with Crippen molar-refractivity contribution >= 4 is 16.7 Å². The molecule has 0 bridgehead atoms. The Hall–Kier alpha value is -3.15. The van der Waals surface area contributed by atoms with Gasteiger partial charge < -0.3 is 10.1 Å². The van der Waals surface area contributed by atoms with Crippen molar-refractivity contribution in [1.82, 2.24) is 15.1 Å². The molecular formula is C19H19N3O3. The Bertz CT molecular complexity index is 950. The first-order valence-corrected chi connectivity index (χ1v) is 8.02. The third kappa shape index (κ3) is 4.03. The molecule has 2 aromatic carbocycles. The van der Waals surface area contributed by atoms with Gasteiger partial charge in [0.15, 0.2) is 0 Å². The van der Waals surface area contributed by atoms with E-state index in [1.807, 2.05) is 42.5 Å². The van der Waals surface area contributed by atoms with Gasteiger partial charge in [-0.1, -0.05) is 30.3 Å². The van der Waals surface area contributed by atoms with Crippen LogP contribution in [-0.4, -0.2) is 29.3 Å². The van der Waals surface area contributed by atoms with Crippen LogP contribution in [0.2, 0.25) is 0 Å². The molecule has 0 radical (unpaired) electrons. The average molecular weight is 337 g/mol. The van der Waals surface area contributed by atoms with Crippen LogP contribution in [0.25, 0.3) is 10.8 Å². The first kappa shape index (κ1) is 16.7. The number of methoxy groups -OCH3 is 1. The Labute approximate surface area is 145 Å². The summed E-state index contributed by atoms with van der Waals surface area (Å²) in [6.07, 6.45) is 1.92. The molecule has 0 aliphatic heterocycles. The van der Waals surface area contributed by atoms with Gasteiger partial charge in [-0.3, -0.25) is 9.59 Å². The number of hydrogen-bond donors (Lipinski definition) is 1. The lowest BCUT2D eigenvalue weighted by molar-refractivity contribution is -0.120. The molecule has 0 fully saturated rings. The molecule has 1 amide bonds. The van der Waals surface area contributed by atoms with Crippen LogP contribution in [0.3, 0.4) is 0 Å². The average Bonchev–Trinajstić information content (AvgIpc) is 2.64. The molecule has 25 heavy (non-hydrogen) atoms. The van der Waals surface area contributed by atoms with Gasteiger partial charge in [0, 0.05) is 11.9 Å². The second-order valence-corrected chi connectivity index (χ2v) is 5.64. The monoisotopic (exact) mass is 337 g/mol. The summed E-state index contributed by atoms with van der Waals surface area (Å²) in [5, 5.41) is 8.40. The van der Waals surface area contributed by atoms with Gasteiger partial charge in [-0.25, -0.2) is 4.68 Å². The number of aromatic nitrogens is 2. The summed E-state index contributed by atoms with van der Waals surface area (Å²) in [6, 6.07) is 14.7. The van der Waals surface area contributed by atoms with E-state index in [4.69, 9.17) is 4.74 Å². The van der Waals surface area contributed by atoms with Gasteiger partial charge in [-0.15, -0.1) is 0 Å². The molecule has 1 N–H and O–H groups in total. The molecule has 1 aromatic heterocycles. The minimum absolute atomic E-state index is 0.109. The number of amides is 1. The fraction of sp³-hybridized carbons (Fsp3) is 0.211. The highest BCUT2D eigenvalue weighted by molar-refractivity contribution is 5.80. The van der Waals surface area contributed by atoms with Crippen LogP contribution in [0.5, 0.6) is 5.75 Å². The smallest absolute Gasteiger partial charge is 0.274 e. The maximum atomic E-state index is 12.3. The van der Waals surface area contributed by atoms with E-state index in [0.717, 1.165) is 16.7 Å². The van der Waals surface area contributed by atoms with Crippen molar-refractivity contribution in [3.05, 3.63) is 70.6 Å². The standard InChI is InChI=1S/C19H19N3O3/c1-25-16-7-4-5-14(11-16)12-18(23)20-9-10-22-19(24)17-8-3-2-6-15(17)13-21-22/h2-8,11,13H,9-10,12H2,1H3,(H,20,23). The van der Waals surface area contributed by atoms with Gasteiger partial charge in [0.25, 0.3) is 5.56 Å². The number of carbonyl (C=O) groups is 1. The Morgan fingerprint density at radius 1 is 1.20 bits per heavy atom. The summed E-state index contributed by atoms with van der Waals surface area (Å²) in [5.41, 5.74) is 0.720. The highest BCUT2D eigenvalue weighted by Gasteiger charge is 2.06. The minimum atomic E-state index is -0.153. The molecule has 0 aliphatic rings. The molecule has 0 atom stereocenters. The topological polar surface area (TPSA) is 73.2 Å². The van der Waals surface area contributed by atoms with Crippen molar-refractivity contribution in [2.45, 2.75) is 13.0 Å². The zero-order chi connectivity index (χ0) is 17.6. The normalized spacial score (nSPS) is 10.6. The number of hydrogen-bond acceptors (Lipinski definition) is 4. The van der Waals surface area contributed by atoms with Gasteiger partial charge in [0.1, 0.15) is 5.75 Å². The van der Waals surface area contributed by atoms with E-state index >= 15 is 0 Å².